The fourth-order valence-electron chi connectivity index (χ4n) is 1.60. The van der Waals surface area contributed by atoms with Gasteiger partial charge in [0, 0.05) is 20.3 Å². The van der Waals surface area contributed by atoms with E-state index in [0.717, 1.165) is 19.6 Å². The normalized spacial score (nSPS) is 14.8. The number of rotatable bonds is 12. The summed E-state index contributed by atoms with van der Waals surface area (Å²) in [4.78, 5) is 0. The van der Waals surface area contributed by atoms with Crippen molar-refractivity contribution in [3.8, 4) is 0 Å². The fourth-order valence-corrected chi connectivity index (χ4v) is 1.60. The SMILES string of the molecule is CCC(C)(CCOCCOCCOC)CNC. The van der Waals surface area contributed by atoms with Gasteiger partial charge in [-0.25, -0.2) is 0 Å². The maximum Gasteiger partial charge on any atom is 0.0701 e. The molecule has 4 nitrogen and oxygen atoms in total. The zero-order chi connectivity index (χ0) is 13.0. The van der Waals surface area contributed by atoms with Gasteiger partial charge in [-0.05, 0) is 25.3 Å². The average Bonchev–Trinajstić information content (AvgIpc) is 2.33. The van der Waals surface area contributed by atoms with Gasteiger partial charge in [-0.1, -0.05) is 13.8 Å². The smallest absolute Gasteiger partial charge is 0.0701 e. The van der Waals surface area contributed by atoms with Crippen molar-refractivity contribution in [3.05, 3.63) is 0 Å². The standard InChI is InChI=1S/C13H29NO3/c1-5-13(2,12-14-3)6-7-16-10-11-17-9-8-15-4/h14H,5-12H2,1-4H3. The molecule has 0 aromatic rings. The lowest BCUT2D eigenvalue weighted by atomic mass is 9.84. The van der Waals surface area contributed by atoms with Crippen LogP contribution in [-0.4, -0.2) is 53.7 Å². The molecule has 4 heteroatoms. The Hall–Kier alpha value is -0.160. The van der Waals surface area contributed by atoms with Crippen LogP contribution in [0.2, 0.25) is 0 Å². The molecule has 1 atom stereocenters. The third kappa shape index (κ3) is 9.53. The van der Waals surface area contributed by atoms with Crippen molar-refractivity contribution < 1.29 is 14.2 Å². The monoisotopic (exact) mass is 247 g/mol. The zero-order valence-electron chi connectivity index (χ0n) is 11.9. The summed E-state index contributed by atoms with van der Waals surface area (Å²) in [6, 6.07) is 0. The molecular formula is C13H29NO3. The van der Waals surface area contributed by atoms with Gasteiger partial charge < -0.3 is 19.5 Å². The van der Waals surface area contributed by atoms with Gasteiger partial charge in [0.1, 0.15) is 0 Å². The van der Waals surface area contributed by atoms with E-state index in [2.05, 4.69) is 19.2 Å². The van der Waals surface area contributed by atoms with E-state index in [0.29, 0.717) is 31.8 Å². The summed E-state index contributed by atoms with van der Waals surface area (Å²) in [7, 11) is 3.67. The highest BCUT2D eigenvalue weighted by Gasteiger charge is 2.20. The Labute approximate surface area is 106 Å². The summed E-state index contributed by atoms with van der Waals surface area (Å²) in [6.45, 7) is 8.98. The lowest BCUT2D eigenvalue weighted by molar-refractivity contribution is 0.0173. The van der Waals surface area contributed by atoms with E-state index in [4.69, 9.17) is 14.2 Å². The Balaban J connectivity index is 3.37. The Kier molecular flexibility index (Phi) is 10.9. The van der Waals surface area contributed by atoms with Crippen molar-refractivity contribution in [1.29, 1.82) is 0 Å². The van der Waals surface area contributed by atoms with E-state index in [9.17, 15) is 0 Å². The number of ether oxygens (including phenoxy) is 3. The first kappa shape index (κ1) is 16.8. The van der Waals surface area contributed by atoms with Crippen molar-refractivity contribution in [1.82, 2.24) is 5.32 Å². The Bertz CT molecular complexity index is 167. The van der Waals surface area contributed by atoms with Crippen LogP contribution in [0.1, 0.15) is 26.7 Å². The minimum atomic E-state index is 0.339. The molecule has 0 fully saturated rings. The third-order valence-corrected chi connectivity index (χ3v) is 3.11. The van der Waals surface area contributed by atoms with Crippen LogP contribution in [0.15, 0.2) is 0 Å². The number of nitrogens with one attached hydrogen (secondary N) is 1. The van der Waals surface area contributed by atoms with E-state index in [1.807, 2.05) is 7.05 Å². The van der Waals surface area contributed by atoms with E-state index in [-0.39, 0.29) is 0 Å². The summed E-state index contributed by atoms with van der Waals surface area (Å²) in [5, 5.41) is 3.24. The van der Waals surface area contributed by atoms with Crippen LogP contribution in [0.3, 0.4) is 0 Å². The van der Waals surface area contributed by atoms with Crippen molar-refractivity contribution in [2.75, 3.05) is 53.7 Å². The van der Waals surface area contributed by atoms with Crippen molar-refractivity contribution in [3.63, 3.8) is 0 Å². The summed E-state index contributed by atoms with van der Waals surface area (Å²) in [5.41, 5.74) is 0.339. The summed E-state index contributed by atoms with van der Waals surface area (Å²) in [5.74, 6) is 0. The second-order valence-corrected chi connectivity index (χ2v) is 4.66. The van der Waals surface area contributed by atoms with Gasteiger partial charge in [0.05, 0.1) is 26.4 Å². The van der Waals surface area contributed by atoms with Crippen LogP contribution in [-0.2, 0) is 14.2 Å². The lowest BCUT2D eigenvalue weighted by Gasteiger charge is -2.27. The highest BCUT2D eigenvalue weighted by Crippen LogP contribution is 2.24. The van der Waals surface area contributed by atoms with Crippen LogP contribution in [0.25, 0.3) is 0 Å². The molecule has 0 saturated carbocycles. The fraction of sp³-hybridized carbons (Fsp3) is 1.00. The quantitative estimate of drug-likeness (QED) is 0.533. The molecule has 0 bridgehead atoms. The van der Waals surface area contributed by atoms with Crippen LogP contribution in [0.4, 0.5) is 0 Å². The first-order valence-corrected chi connectivity index (χ1v) is 6.47. The molecular weight excluding hydrogens is 218 g/mol. The molecule has 0 amide bonds. The molecule has 0 spiro atoms. The predicted octanol–water partition coefficient (Wildman–Crippen LogP) is 1.69. The highest BCUT2D eigenvalue weighted by atomic mass is 16.5. The Morgan fingerprint density at radius 2 is 1.59 bits per heavy atom. The molecule has 104 valence electrons. The van der Waals surface area contributed by atoms with E-state index >= 15 is 0 Å². The van der Waals surface area contributed by atoms with Gasteiger partial charge in [0.25, 0.3) is 0 Å². The van der Waals surface area contributed by atoms with Gasteiger partial charge in [-0.2, -0.15) is 0 Å². The Morgan fingerprint density at radius 3 is 2.12 bits per heavy atom. The molecule has 0 aromatic heterocycles. The minimum Gasteiger partial charge on any atom is -0.382 e. The van der Waals surface area contributed by atoms with Crippen molar-refractivity contribution >= 4 is 0 Å². The molecule has 0 aliphatic rings. The molecule has 1 unspecified atom stereocenters. The van der Waals surface area contributed by atoms with E-state index in [1.54, 1.807) is 7.11 Å². The van der Waals surface area contributed by atoms with Crippen LogP contribution in [0, 0.1) is 5.41 Å². The largest absolute Gasteiger partial charge is 0.382 e. The van der Waals surface area contributed by atoms with Crippen molar-refractivity contribution in [2.45, 2.75) is 26.7 Å². The van der Waals surface area contributed by atoms with Gasteiger partial charge in [-0.3, -0.25) is 0 Å². The molecule has 0 radical (unpaired) electrons. The van der Waals surface area contributed by atoms with Crippen LogP contribution in [0.5, 0.6) is 0 Å². The van der Waals surface area contributed by atoms with Crippen LogP contribution < -0.4 is 5.32 Å². The molecule has 0 aromatic carbocycles. The maximum absolute atomic E-state index is 5.56. The number of hydrogen-bond donors (Lipinski definition) is 1. The molecule has 0 aliphatic heterocycles. The molecule has 0 rings (SSSR count). The highest BCUT2D eigenvalue weighted by molar-refractivity contribution is 4.74. The second-order valence-electron chi connectivity index (χ2n) is 4.66. The zero-order valence-corrected chi connectivity index (χ0v) is 11.9. The maximum atomic E-state index is 5.56. The van der Waals surface area contributed by atoms with E-state index < -0.39 is 0 Å². The van der Waals surface area contributed by atoms with Gasteiger partial charge >= 0.3 is 0 Å². The molecule has 17 heavy (non-hydrogen) atoms. The summed E-state index contributed by atoms with van der Waals surface area (Å²) in [6.07, 6.45) is 2.25. The first-order chi connectivity index (χ1) is 8.18. The van der Waals surface area contributed by atoms with E-state index in [1.165, 1.54) is 6.42 Å². The predicted molar refractivity (Wildman–Crippen MR) is 70.5 cm³/mol. The number of methoxy groups -OCH3 is 1. The first-order valence-electron chi connectivity index (χ1n) is 6.47. The van der Waals surface area contributed by atoms with Gasteiger partial charge in [0.15, 0.2) is 0 Å². The van der Waals surface area contributed by atoms with Crippen molar-refractivity contribution in [2.24, 2.45) is 5.41 Å². The molecule has 0 aliphatic carbocycles. The molecule has 0 saturated heterocycles. The third-order valence-electron chi connectivity index (χ3n) is 3.11. The van der Waals surface area contributed by atoms with Crippen LogP contribution >= 0.6 is 0 Å². The minimum absolute atomic E-state index is 0.339. The molecule has 1 N–H and O–H groups in total. The van der Waals surface area contributed by atoms with Gasteiger partial charge in [0.2, 0.25) is 0 Å². The van der Waals surface area contributed by atoms with Gasteiger partial charge in [-0.15, -0.1) is 0 Å². The topological polar surface area (TPSA) is 39.7 Å². The average molecular weight is 247 g/mol. The lowest BCUT2D eigenvalue weighted by Crippen LogP contribution is -2.30. The number of hydrogen-bond acceptors (Lipinski definition) is 4. The summed E-state index contributed by atoms with van der Waals surface area (Å²) >= 11 is 0. The second kappa shape index (κ2) is 11.0. The Morgan fingerprint density at radius 1 is 1.00 bits per heavy atom. The summed E-state index contributed by atoms with van der Waals surface area (Å²) < 4.78 is 15.8. The molecule has 0 heterocycles.